The van der Waals surface area contributed by atoms with Crippen LogP contribution < -0.4 is 24.6 Å². The molecule has 3 aromatic carbocycles. The second-order valence-electron chi connectivity index (χ2n) is 12.2. The standard InChI is InChI=1S/C35H39N7O2/c1-40-16-12-25(21-40)24-43-35-38-32-23-41(17-13-31(32)34(39-35)42-18-15-37-27(22-42)11-14-36)33-20-29(44-28-8-3-2-4-9-28)19-26-7-5-6-10-30(26)33/h2-10,19-20,25,27,37H,11-13,15-18,21-24H2,1H3/t25-,27?/m1/s1. The second-order valence-corrected chi connectivity index (χ2v) is 12.2. The van der Waals surface area contributed by atoms with Crippen LogP contribution in [0.4, 0.5) is 11.5 Å². The van der Waals surface area contributed by atoms with Gasteiger partial charge in [-0.15, -0.1) is 0 Å². The molecule has 0 aliphatic carbocycles. The summed E-state index contributed by atoms with van der Waals surface area (Å²) in [7, 11) is 2.16. The van der Waals surface area contributed by atoms with Gasteiger partial charge < -0.3 is 29.5 Å². The van der Waals surface area contributed by atoms with Gasteiger partial charge in [-0.3, -0.25) is 0 Å². The van der Waals surface area contributed by atoms with Crippen molar-refractivity contribution in [2.45, 2.75) is 31.8 Å². The number of ether oxygens (including phenoxy) is 2. The lowest BCUT2D eigenvalue weighted by molar-refractivity contribution is 0.231. The number of hydrogen-bond donors (Lipinski definition) is 1. The maximum atomic E-state index is 9.35. The highest BCUT2D eigenvalue weighted by atomic mass is 16.5. The van der Waals surface area contributed by atoms with Crippen molar-refractivity contribution >= 4 is 22.3 Å². The number of nitrogens with one attached hydrogen (secondary N) is 1. The summed E-state index contributed by atoms with van der Waals surface area (Å²) in [6.07, 6.45) is 2.43. The van der Waals surface area contributed by atoms with Gasteiger partial charge in [0.15, 0.2) is 0 Å². The molecule has 2 atom stereocenters. The third kappa shape index (κ3) is 6.14. The molecule has 1 unspecified atom stereocenters. The number of para-hydroxylation sites is 1. The highest BCUT2D eigenvalue weighted by molar-refractivity contribution is 5.96. The van der Waals surface area contributed by atoms with Crippen LogP contribution in [0.1, 0.15) is 24.1 Å². The van der Waals surface area contributed by atoms with Gasteiger partial charge in [-0.05, 0) is 50.0 Å². The molecule has 4 heterocycles. The molecule has 2 saturated heterocycles. The number of anilines is 2. The molecule has 1 N–H and O–H groups in total. The summed E-state index contributed by atoms with van der Waals surface area (Å²) in [5.41, 5.74) is 3.33. The molecule has 0 radical (unpaired) electrons. The topological polar surface area (TPSA) is 89.8 Å². The SMILES string of the molecule is CN1CC[C@@H](COc2nc3c(c(N4CCNC(CC#N)C4)n2)CCN(c2cc(Oc4ccccc4)cc4ccccc24)C3)C1. The molecule has 1 aromatic heterocycles. The van der Waals surface area contributed by atoms with Crippen LogP contribution in [0.3, 0.4) is 0 Å². The molecule has 0 bridgehead atoms. The minimum atomic E-state index is 0.122. The number of nitrogens with zero attached hydrogens (tertiary/aromatic N) is 6. The first-order chi connectivity index (χ1) is 21.6. The maximum Gasteiger partial charge on any atom is 0.318 e. The van der Waals surface area contributed by atoms with Crippen molar-refractivity contribution in [3.63, 3.8) is 0 Å². The second kappa shape index (κ2) is 12.7. The van der Waals surface area contributed by atoms with Crippen molar-refractivity contribution in [1.29, 1.82) is 5.26 Å². The van der Waals surface area contributed by atoms with Crippen LogP contribution in [0.25, 0.3) is 10.8 Å². The Labute approximate surface area is 259 Å². The Morgan fingerprint density at radius 1 is 0.955 bits per heavy atom. The van der Waals surface area contributed by atoms with E-state index in [0.29, 0.717) is 31.5 Å². The van der Waals surface area contributed by atoms with Crippen molar-refractivity contribution in [1.82, 2.24) is 20.2 Å². The smallest absolute Gasteiger partial charge is 0.318 e. The van der Waals surface area contributed by atoms with Gasteiger partial charge in [-0.1, -0.05) is 42.5 Å². The van der Waals surface area contributed by atoms with Crippen molar-refractivity contribution < 1.29 is 9.47 Å². The number of piperazine rings is 1. The maximum absolute atomic E-state index is 9.35. The first kappa shape index (κ1) is 28.4. The van der Waals surface area contributed by atoms with E-state index in [1.807, 2.05) is 30.3 Å². The molecule has 0 saturated carbocycles. The molecular weight excluding hydrogens is 550 g/mol. The van der Waals surface area contributed by atoms with Gasteiger partial charge in [0, 0.05) is 67.4 Å². The summed E-state index contributed by atoms with van der Waals surface area (Å²) in [5.74, 6) is 3.08. The zero-order chi connectivity index (χ0) is 29.9. The molecule has 2 fully saturated rings. The zero-order valence-corrected chi connectivity index (χ0v) is 25.3. The van der Waals surface area contributed by atoms with E-state index >= 15 is 0 Å². The van der Waals surface area contributed by atoms with Gasteiger partial charge in [0.2, 0.25) is 0 Å². The van der Waals surface area contributed by atoms with E-state index in [0.717, 1.165) is 86.2 Å². The number of rotatable bonds is 8. The molecule has 3 aliphatic heterocycles. The summed E-state index contributed by atoms with van der Waals surface area (Å²) < 4.78 is 12.6. The van der Waals surface area contributed by atoms with Crippen LogP contribution in [0.5, 0.6) is 17.5 Å². The number of fused-ring (bicyclic) bond motifs is 2. The molecule has 226 valence electrons. The third-order valence-electron chi connectivity index (χ3n) is 8.99. The molecule has 0 spiro atoms. The minimum absolute atomic E-state index is 0.122. The van der Waals surface area contributed by atoms with Gasteiger partial charge in [0.05, 0.1) is 31.3 Å². The van der Waals surface area contributed by atoms with E-state index in [-0.39, 0.29) is 6.04 Å². The Hall–Kier alpha value is -4.39. The summed E-state index contributed by atoms with van der Waals surface area (Å²) >= 11 is 0. The van der Waals surface area contributed by atoms with Crippen molar-refractivity contribution in [3.05, 3.63) is 78.0 Å². The van der Waals surface area contributed by atoms with Gasteiger partial charge in [-0.2, -0.15) is 15.2 Å². The van der Waals surface area contributed by atoms with E-state index in [1.165, 1.54) is 10.9 Å². The Bertz CT molecular complexity index is 1660. The Kier molecular flexibility index (Phi) is 8.18. The molecule has 9 nitrogen and oxygen atoms in total. The summed E-state index contributed by atoms with van der Waals surface area (Å²) in [4.78, 5) is 17.1. The van der Waals surface area contributed by atoms with Crippen molar-refractivity contribution in [3.8, 4) is 23.6 Å². The predicted octanol–water partition coefficient (Wildman–Crippen LogP) is 5.01. The lowest BCUT2D eigenvalue weighted by Crippen LogP contribution is -2.51. The lowest BCUT2D eigenvalue weighted by Gasteiger charge is -2.37. The van der Waals surface area contributed by atoms with Crippen LogP contribution in [-0.2, 0) is 13.0 Å². The lowest BCUT2D eigenvalue weighted by atomic mass is 10.0. The largest absolute Gasteiger partial charge is 0.463 e. The van der Waals surface area contributed by atoms with Crippen LogP contribution in [0, 0.1) is 17.2 Å². The van der Waals surface area contributed by atoms with Gasteiger partial charge in [0.25, 0.3) is 0 Å². The molecular formula is C35H39N7O2. The first-order valence-electron chi connectivity index (χ1n) is 15.7. The summed E-state index contributed by atoms with van der Waals surface area (Å²) in [6, 6.07) is 25.6. The number of hydrogen-bond acceptors (Lipinski definition) is 9. The molecule has 44 heavy (non-hydrogen) atoms. The van der Waals surface area contributed by atoms with E-state index in [4.69, 9.17) is 19.4 Å². The van der Waals surface area contributed by atoms with Crippen LogP contribution >= 0.6 is 0 Å². The first-order valence-corrected chi connectivity index (χ1v) is 15.7. The van der Waals surface area contributed by atoms with E-state index in [1.54, 1.807) is 0 Å². The van der Waals surface area contributed by atoms with Gasteiger partial charge in [0.1, 0.15) is 17.3 Å². The summed E-state index contributed by atoms with van der Waals surface area (Å²) in [5, 5.41) is 15.2. The molecule has 7 rings (SSSR count). The van der Waals surface area contributed by atoms with Gasteiger partial charge >= 0.3 is 6.01 Å². The molecule has 9 heteroatoms. The number of nitriles is 1. The normalized spacial score (nSPS) is 20.4. The van der Waals surface area contributed by atoms with Gasteiger partial charge in [-0.25, -0.2) is 0 Å². The number of aromatic nitrogens is 2. The number of benzene rings is 3. The van der Waals surface area contributed by atoms with Crippen LogP contribution in [-0.4, -0.2) is 73.8 Å². The molecule has 4 aromatic rings. The van der Waals surface area contributed by atoms with Crippen LogP contribution in [0.15, 0.2) is 66.7 Å². The fourth-order valence-electron chi connectivity index (χ4n) is 6.75. The Morgan fingerprint density at radius 2 is 1.82 bits per heavy atom. The molecule has 0 amide bonds. The average molecular weight is 590 g/mol. The molecule has 3 aliphatic rings. The van der Waals surface area contributed by atoms with E-state index < -0.39 is 0 Å². The number of likely N-dealkylation sites (tertiary alicyclic amines) is 1. The fourth-order valence-corrected chi connectivity index (χ4v) is 6.75. The highest BCUT2D eigenvalue weighted by Crippen LogP contribution is 2.38. The van der Waals surface area contributed by atoms with Crippen molar-refractivity contribution in [2.24, 2.45) is 5.92 Å². The van der Waals surface area contributed by atoms with E-state index in [2.05, 4.69) is 69.5 Å². The Balaban J connectivity index is 1.22. The van der Waals surface area contributed by atoms with Crippen LogP contribution in [0.2, 0.25) is 0 Å². The van der Waals surface area contributed by atoms with Crippen molar-refractivity contribution in [2.75, 3.05) is 62.7 Å². The Morgan fingerprint density at radius 3 is 2.66 bits per heavy atom. The summed E-state index contributed by atoms with van der Waals surface area (Å²) in [6.45, 7) is 6.65. The average Bonchev–Trinajstić information content (AvgIpc) is 3.48. The third-order valence-corrected chi connectivity index (χ3v) is 8.99. The highest BCUT2D eigenvalue weighted by Gasteiger charge is 2.30. The minimum Gasteiger partial charge on any atom is -0.463 e. The monoisotopic (exact) mass is 589 g/mol. The quantitative estimate of drug-likeness (QED) is 0.305. The van der Waals surface area contributed by atoms with E-state index in [9.17, 15) is 5.26 Å². The zero-order valence-electron chi connectivity index (χ0n) is 25.3. The predicted molar refractivity (Wildman–Crippen MR) is 173 cm³/mol. The fraction of sp³-hybridized carbons (Fsp3) is 0.400.